The lowest BCUT2D eigenvalue weighted by molar-refractivity contribution is 0.181. The van der Waals surface area contributed by atoms with Crippen LogP contribution in [0, 0.1) is 5.92 Å². The quantitative estimate of drug-likeness (QED) is 0.755. The predicted molar refractivity (Wildman–Crippen MR) is 57.5 cm³/mol. The smallest absolute Gasteiger partial charge is 0.132 e. The Bertz CT molecular complexity index is 325. The topological polar surface area (TPSA) is 64.3 Å². The summed E-state index contributed by atoms with van der Waals surface area (Å²) in [5, 5.41) is 0. The molecule has 2 N–H and O–H groups in total. The number of hydrogen-bond acceptors (Lipinski definition) is 5. The maximum Gasteiger partial charge on any atom is 0.132 e. The van der Waals surface area contributed by atoms with Crippen LogP contribution in [-0.4, -0.2) is 36.7 Å². The van der Waals surface area contributed by atoms with Gasteiger partial charge in [-0.15, -0.1) is 0 Å². The average Bonchev–Trinajstić information content (AvgIpc) is 2.17. The SMILES string of the molecule is COCc1cc(N2CC(CN)C2)ncn1. The molecule has 0 atom stereocenters. The Morgan fingerprint density at radius 3 is 3.00 bits per heavy atom. The lowest BCUT2D eigenvalue weighted by Crippen LogP contribution is -2.50. The van der Waals surface area contributed by atoms with Gasteiger partial charge in [0.05, 0.1) is 12.3 Å². The molecule has 0 bridgehead atoms. The minimum Gasteiger partial charge on any atom is -0.378 e. The van der Waals surface area contributed by atoms with Crippen LogP contribution < -0.4 is 10.6 Å². The molecule has 5 nitrogen and oxygen atoms in total. The van der Waals surface area contributed by atoms with E-state index in [0.29, 0.717) is 12.5 Å². The number of rotatable bonds is 4. The zero-order valence-corrected chi connectivity index (χ0v) is 8.89. The molecule has 1 fully saturated rings. The zero-order valence-electron chi connectivity index (χ0n) is 8.89. The Hall–Kier alpha value is -1.20. The predicted octanol–water partition coefficient (Wildman–Crippen LogP) is 0.0179. The first-order chi connectivity index (χ1) is 7.33. The van der Waals surface area contributed by atoms with E-state index in [1.165, 1.54) is 0 Å². The van der Waals surface area contributed by atoms with Crippen molar-refractivity contribution >= 4 is 5.82 Å². The second kappa shape index (κ2) is 4.55. The van der Waals surface area contributed by atoms with Crippen molar-refractivity contribution in [3.63, 3.8) is 0 Å². The van der Waals surface area contributed by atoms with E-state index < -0.39 is 0 Å². The van der Waals surface area contributed by atoms with Crippen LogP contribution in [0.5, 0.6) is 0 Å². The Labute approximate surface area is 89.3 Å². The van der Waals surface area contributed by atoms with Gasteiger partial charge in [0.2, 0.25) is 0 Å². The maximum atomic E-state index is 5.57. The third kappa shape index (κ3) is 2.24. The summed E-state index contributed by atoms with van der Waals surface area (Å²) in [5.41, 5.74) is 6.49. The molecule has 1 aliphatic heterocycles. The molecule has 0 spiro atoms. The van der Waals surface area contributed by atoms with E-state index in [0.717, 1.165) is 31.1 Å². The number of anilines is 1. The number of hydrogen-bond donors (Lipinski definition) is 1. The van der Waals surface area contributed by atoms with Gasteiger partial charge in [0, 0.05) is 32.2 Å². The van der Waals surface area contributed by atoms with Crippen LogP contribution in [0.3, 0.4) is 0 Å². The molecule has 2 rings (SSSR count). The molecule has 82 valence electrons. The Morgan fingerprint density at radius 2 is 2.33 bits per heavy atom. The highest BCUT2D eigenvalue weighted by Crippen LogP contribution is 2.21. The molecule has 2 heterocycles. The molecule has 15 heavy (non-hydrogen) atoms. The highest BCUT2D eigenvalue weighted by Gasteiger charge is 2.26. The van der Waals surface area contributed by atoms with Crippen molar-refractivity contribution in [3.8, 4) is 0 Å². The molecule has 0 aromatic carbocycles. The van der Waals surface area contributed by atoms with Crippen molar-refractivity contribution in [1.82, 2.24) is 9.97 Å². The van der Waals surface area contributed by atoms with Gasteiger partial charge in [-0.25, -0.2) is 9.97 Å². The average molecular weight is 208 g/mol. The summed E-state index contributed by atoms with van der Waals surface area (Å²) >= 11 is 0. The molecule has 5 heteroatoms. The molecular weight excluding hydrogens is 192 g/mol. The van der Waals surface area contributed by atoms with Crippen LogP contribution in [-0.2, 0) is 11.3 Å². The normalized spacial score (nSPS) is 16.5. The summed E-state index contributed by atoms with van der Waals surface area (Å²) in [6, 6.07) is 1.97. The fourth-order valence-electron chi connectivity index (χ4n) is 1.69. The standard InChI is InChI=1S/C10H16N4O/c1-15-6-9-2-10(13-7-12-9)14-4-8(3-11)5-14/h2,7-8H,3-6,11H2,1H3. The lowest BCUT2D eigenvalue weighted by Gasteiger charge is -2.39. The molecule has 0 saturated carbocycles. The summed E-state index contributed by atoms with van der Waals surface area (Å²) in [5.74, 6) is 1.59. The van der Waals surface area contributed by atoms with Gasteiger partial charge in [-0.05, 0) is 6.54 Å². The van der Waals surface area contributed by atoms with Crippen LogP contribution in [0.25, 0.3) is 0 Å². The Morgan fingerprint density at radius 1 is 1.53 bits per heavy atom. The van der Waals surface area contributed by atoms with Gasteiger partial charge >= 0.3 is 0 Å². The zero-order chi connectivity index (χ0) is 10.7. The van der Waals surface area contributed by atoms with Crippen molar-refractivity contribution in [2.24, 2.45) is 11.7 Å². The number of methoxy groups -OCH3 is 1. The van der Waals surface area contributed by atoms with Crippen LogP contribution in [0.1, 0.15) is 5.69 Å². The largest absolute Gasteiger partial charge is 0.378 e. The maximum absolute atomic E-state index is 5.57. The van der Waals surface area contributed by atoms with Gasteiger partial charge in [-0.1, -0.05) is 0 Å². The van der Waals surface area contributed by atoms with E-state index in [4.69, 9.17) is 10.5 Å². The Balaban J connectivity index is 2.00. The van der Waals surface area contributed by atoms with Gasteiger partial charge in [-0.3, -0.25) is 0 Å². The monoisotopic (exact) mass is 208 g/mol. The first-order valence-electron chi connectivity index (χ1n) is 5.08. The van der Waals surface area contributed by atoms with Gasteiger partial charge in [0.15, 0.2) is 0 Å². The summed E-state index contributed by atoms with van der Waals surface area (Å²) in [6.07, 6.45) is 1.58. The van der Waals surface area contributed by atoms with E-state index in [9.17, 15) is 0 Å². The second-order valence-electron chi connectivity index (χ2n) is 3.81. The molecule has 0 aliphatic carbocycles. The second-order valence-corrected chi connectivity index (χ2v) is 3.81. The van der Waals surface area contributed by atoms with Crippen molar-refractivity contribution < 1.29 is 4.74 Å². The van der Waals surface area contributed by atoms with Crippen LogP contribution in [0.15, 0.2) is 12.4 Å². The van der Waals surface area contributed by atoms with E-state index >= 15 is 0 Å². The molecule has 0 radical (unpaired) electrons. The molecule has 0 amide bonds. The van der Waals surface area contributed by atoms with E-state index in [1.54, 1.807) is 13.4 Å². The molecular formula is C10H16N4O. The molecule has 1 aliphatic rings. The highest BCUT2D eigenvalue weighted by molar-refractivity contribution is 5.41. The fraction of sp³-hybridized carbons (Fsp3) is 0.600. The first kappa shape index (κ1) is 10.3. The summed E-state index contributed by atoms with van der Waals surface area (Å²) in [7, 11) is 1.66. The third-order valence-corrected chi connectivity index (χ3v) is 2.62. The molecule has 1 aromatic rings. The van der Waals surface area contributed by atoms with Gasteiger partial charge in [0.25, 0.3) is 0 Å². The molecule has 1 aromatic heterocycles. The van der Waals surface area contributed by atoms with E-state index in [1.807, 2.05) is 6.07 Å². The number of aromatic nitrogens is 2. The van der Waals surface area contributed by atoms with Crippen LogP contribution >= 0.6 is 0 Å². The number of nitrogens with zero attached hydrogens (tertiary/aromatic N) is 3. The van der Waals surface area contributed by atoms with Crippen molar-refractivity contribution in [1.29, 1.82) is 0 Å². The van der Waals surface area contributed by atoms with Crippen molar-refractivity contribution in [3.05, 3.63) is 18.1 Å². The van der Waals surface area contributed by atoms with E-state index in [2.05, 4.69) is 14.9 Å². The Kier molecular flexibility index (Phi) is 3.13. The summed E-state index contributed by atoms with van der Waals surface area (Å²) < 4.78 is 5.03. The fourth-order valence-corrected chi connectivity index (χ4v) is 1.69. The number of nitrogens with two attached hydrogens (primary N) is 1. The lowest BCUT2D eigenvalue weighted by atomic mass is 10.0. The summed E-state index contributed by atoms with van der Waals surface area (Å²) in [4.78, 5) is 10.6. The third-order valence-electron chi connectivity index (χ3n) is 2.62. The van der Waals surface area contributed by atoms with Gasteiger partial charge < -0.3 is 15.4 Å². The minimum atomic E-state index is 0.531. The number of ether oxygens (including phenoxy) is 1. The van der Waals surface area contributed by atoms with Crippen molar-refractivity contribution in [2.75, 3.05) is 31.6 Å². The van der Waals surface area contributed by atoms with Gasteiger partial charge in [-0.2, -0.15) is 0 Å². The van der Waals surface area contributed by atoms with E-state index in [-0.39, 0.29) is 0 Å². The van der Waals surface area contributed by atoms with Gasteiger partial charge in [0.1, 0.15) is 12.1 Å². The summed E-state index contributed by atoms with van der Waals surface area (Å²) in [6.45, 7) is 3.29. The molecule has 1 saturated heterocycles. The van der Waals surface area contributed by atoms with Crippen molar-refractivity contribution in [2.45, 2.75) is 6.61 Å². The molecule has 0 unspecified atom stereocenters. The first-order valence-corrected chi connectivity index (χ1v) is 5.08. The highest BCUT2D eigenvalue weighted by atomic mass is 16.5. The minimum absolute atomic E-state index is 0.531. The van der Waals surface area contributed by atoms with Crippen LogP contribution in [0.2, 0.25) is 0 Å². The van der Waals surface area contributed by atoms with Crippen LogP contribution in [0.4, 0.5) is 5.82 Å².